The number of aliphatic hydroxyl groups is 3. The largest absolute Gasteiger partial charge is 0.458 e. The van der Waals surface area contributed by atoms with Crippen LogP contribution >= 0.6 is 0 Å². The van der Waals surface area contributed by atoms with Gasteiger partial charge in [0, 0.05) is 31.4 Å². The van der Waals surface area contributed by atoms with E-state index in [1.165, 1.54) is 0 Å². The van der Waals surface area contributed by atoms with Gasteiger partial charge < -0.3 is 39.1 Å². The van der Waals surface area contributed by atoms with E-state index in [1.807, 2.05) is 0 Å². The average Bonchev–Trinajstić information content (AvgIpc) is 3.45. The van der Waals surface area contributed by atoms with Crippen LogP contribution in [-0.2, 0) is 28.5 Å². The number of carbonyl (C=O) groups excluding carboxylic acids is 2. The Morgan fingerprint density at radius 3 is 2.54 bits per heavy atom. The number of aldehydes is 1. The SMILES string of the molecule is COC1CC(O[C@H]2CC[C@]3(C=O)C4CC[C@]5(C)C(C6=CC(=O)OC6)CC[C@]5(O)C4CC[C@]3(O)C2)OC(C)C1O. The second kappa shape index (κ2) is 9.60. The molecule has 5 fully saturated rings. The maximum Gasteiger partial charge on any atom is 0.331 e. The second-order valence-electron chi connectivity index (χ2n) is 13.5. The smallest absolute Gasteiger partial charge is 0.331 e. The van der Waals surface area contributed by atoms with E-state index in [9.17, 15) is 24.9 Å². The van der Waals surface area contributed by atoms with Crippen LogP contribution in [0, 0.1) is 28.6 Å². The van der Waals surface area contributed by atoms with Crippen LogP contribution in [0.4, 0.5) is 0 Å². The number of hydrogen-bond acceptors (Lipinski definition) is 9. The molecule has 12 atom stereocenters. The fourth-order valence-corrected chi connectivity index (χ4v) is 9.98. The Kier molecular flexibility index (Phi) is 6.84. The lowest BCUT2D eigenvalue weighted by Crippen LogP contribution is -2.69. The van der Waals surface area contributed by atoms with Crippen molar-refractivity contribution in [1.29, 1.82) is 0 Å². The topological polar surface area (TPSA) is 132 Å². The first-order valence-corrected chi connectivity index (χ1v) is 14.8. The van der Waals surface area contributed by atoms with E-state index >= 15 is 0 Å². The summed E-state index contributed by atoms with van der Waals surface area (Å²) in [5, 5.41) is 34.8. The maximum absolute atomic E-state index is 13.0. The molecule has 9 heteroatoms. The molecule has 7 unspecified atom stereocenters. The van der Waals surface area contributed by atoms with E-state index in [4.69, 9.17) is 18.9 Å². The minimum absolute atomic E-state index is 0.0827. The van der Waals surface area contributed by atoms with E-state index in [-0.39, 0.29) is 35.9 Å². The molecule has 6 aliphatic rings. The van der Waals surface area contributed by atoms with Gasteiger partial charge in [0.25, 0.3) is 0 Å². The van der Waals surface area contributed by atoms with Gasteiger partial charge in [-0.2, -0.15) is 0 Å². The van der Waals surface area contributed by atoms with Crippen molar-refractivity contribution in [2.45, 2.75) is 120 Å². The third-order valence-corrected chi connectivity index (χ3v) is 12.1. The number of methoxy groups -OCH3 is 1. The molecule has 39 heavy (non-hydrogen) atoms. The number of carbonyl (C=O) groups is 2. The van der Waals surface area contributed by atoms with Gasteiger partial charge >= 0.3 is 5.97 Å². The summed E-state index contributed by atoms with van der Waals surface area (Å²) in [6, 6.07) is 0. The van der Waals surface area contributed by atoms with Gasteiger partial charge in [0.1, 0.15) is 19.0 Å². The minimum Gasteiger partial charge on any atom is -0.458 e. The molecular weight excluding hydrogens is 504 g/mol. The minimum atomic E-state index is -1.21. The van der Waals surface area contributed by atoms with Gasteiger partial charge in [-0.3, -0.25) is 0 Å². The van der Waals surface area contributed by atoms with Crippen molar-refractivity contribution in [3.05, 3.63) is 11.6 Å². The highest BCUT2D eigenvalue weighted by Crippen LogP contribution is 2.70. The lowest BCUT2D eigenvalue weighted by atomic mass is 9.41. The van der Waals surface area contributed by atoms with Gasteiger partial charge in [-0.25, -0.2) is 4.79 Å². The third kappa shape index (κ3) is 3.94. The number of hydrogen-bond donors (Lipinski definition) is 3. The Balaban J connectivity index is 1.21. The van der Waals surface area contributed by atoms with Crippen LogP contribution in [0.5, 0.6) is 0 Å². The molecule has 0 amide bonds. The van der Waals surface area contributed by atoms with Crippen molar-refractivity contribution in [3.8, 4) is 0 Å². The third-order valence-electron chi connectivity index (χ3n) is 12.1. The Morgan fingerprint density at radius 1 is 1.08 bits per heavy atom. The van der Waals surface area contributed by atoms with Gasteiger partial charge in [-0.05, 0) is 81.6 Å². The summed E-state index contributed by atoms with van der Waals surface area (Å²) in [5.74, 6) is -0.420. The monoisotopic (exact) mass is 548 g/mol. The number of esters is 1. The molecule has 0 aromatic heterocycles. The first-order chi connectivity index (χ1) is 18.5. The van der Waals surface area contributed by atoms with E-state index in [2.05, 4.69) is 6.92 Å². The molecule has 3 N–H and O–H groups in total. The Morgan fingerprint density at radius 2 is 1.85 bits per heavy atom. The molecule has 2 heterocycles. The van der Waals surface area contributed by atoms with E-state index in [0.29, 0.717) is 51.6 Å². The van der Waals surface area contributed by atoms with Gasteiger partial charge in [0.2, 0.25) is 0 Å². The van der Waals surface area contributed by atoms with E-state index in [1.54, 1.807) is 20.1 Å². The van der Waals surface area contributed by atoms with Crippen LogP contribution in [0.3, 0.4) is 0 Å². The fourth-order valence-electron chi connectivity index (χ4n) is 9.98. The number of rotatable bonds is 5. The molecule has 2 aliphatic heterocycles. The van der Waals surface area contributed by atoms with Crippen LogP contribution in [0.1, 0.15) is 78.1 Å². The molecular formula is C30H44O9. The number of cyclic esters (lactones) is 1. The molecule has 1 saturated heterocycles. The average molecular weight is 549 g/mol. The molecule has 0 spiro atoms. The van der Waals surface area contributed by atoms with Gasteiger partial charge in [0.15, 0.2) is 6.29 Å². The lowest BCUT2D eigenvalue weighted by Gasteiger charge is -2.65. The summed E-state index contributed by atoms with van der Waals surface area (Å²) in [7, 11) is 1.57. The van der Waals surface area contributed by atoms with Crippen LogP contribution in [-0.4, -0.2) is 83.2 Å². The zero-order chi connectivity index (χ0) is 27.8. The predicted octanol–water partition coefficient (Wildman–Crippen LogP) is 2.43. The van der Waals surface area contributed by atoms with E-state index < -0.39 is 40.5 Å². The van der Waals surface area contributed by atoms with Crippen LogP contribution in [0.15, 0.2) is 11.6 Å². The number of aliphatic hydroxyl groups excluding tert-OH is 1. The molecule has 0 aromatic rings. The molecule has 218 valence electrons. The van der Waals surface area contributed by atoms with Gasteiger partial charge in [0.05, 0.1) is 34.9 Å². The Labute approximate surface area is 230 Å². The molecule has 9 nitrogen and oxygen atoms in total. The molecule has 6 rings (SSSR count). The van der Waals surface area contributed by atoms with Crippen molar-refractivity contribution in [1.82, 2.24) is 0 Å². The summed E-state index contributed by atoms with van der Waals surface area (Å²) < 4.78 is 22.9. The highest BCUT2D eigenvalue weighted by molar-refractivity contribution is 5.85. The first-order valence-electron chi connectivity index (χ1n) is 14.8. The summed E-state index contributed by atoms with van der Waals surface area (Å²) >= 11 is 0. The zero-order valence-electron chi connectivity index (χ0n) is 23.3. The quantitative estimate of drug-likeness (QED) is 0.269. The molecule has 0 aromatic carbocycles. The van der Waals surface area contributed by atoms with Crippen molar-refractivity contribution < 1.29 is 43.9 Å². The van der Waals surface area contributed by atoms with Crippen LogP contribution in [0.25, 0.3) is 0 Å². The molecule has 0 bridgehead atoms. The number of ether oxygens (including phenoxy) is 4. The van der Waals surface area contributed by atoms with Gasteiger partial charge in [-0.1, -0.05) is 6.92 Å². The standard InChI is InChI=1S/C30H44O9/c1-17-26(33)23(36-3)13-25(38-17)39-19-4-9-28(16-31)21-5-8-27(2)20(18-12-24(32)37-15-18)7-11-30(27,35)22(21)6-10-29(28,34)14-19/h12,16-17,19-23,25-26,33-35H,4-11,13-15H2,1-3H3/t17?,19-,20?,21?,22?,23?,25?,26?,27+,28-,29-,30-/m0/s1. The van der Waals surface area contributed by atoms with Gasteiger partial charge in [-0.15, -0.1) is 0 Å². The summed E-state index contributed by atoms with van der Waals surface area (Å²) in [6.07, 6.45) is 6.10. The Bertz CT molecular complexity index is 1030. The highest BCUT2D eigenvalue weighted by atomic mass is 16.7. The Hall–Kier alpha value is -1.36. The van der Waals surface area contributed by atoms with Crippen LogP contribution < -0.4 is 0 Å². The number of fused-ring (bicyclic) bond motifs is 5. The highest BCUT2D eigenvalue weighted by Gasteiger charge is 2.71. The van der Waals surface area contributed by atoms with E-state index in [0.717, 1.165) is 31.1 Å². The summed E-state index contributed by atoms with van der Waals surface area (Å²) in [5.41, 5.74) is -2.52. The molecule has 0 radical (unpaired) electrons. The van der Waals surface area contributed by atoms with Crippen molar-refractivity contribution in [2.24, 2.45) is 28.6 Å². The van der Waals surface area contributed by atoms with Crippen molar-refractivity contribution in [2.75, 3.05) is 13.7 Å². The predicted molar refractivity (Wildman–Crippen MR) is 138 cm³/mol. The fraction of sp³-hybridized carbons (Fsp3) is 0.867. The first kappa shape index (κ1) is 27.8. The normalized spacial score (nSPS) is 53.3. The maximum atomic E-state index is 13.0. The summed E-state index contributed by atoms with van der Waals surface area (Å²) in [6.45, 7) is 4.25. The zero-order valence-corrected chi connectivity index (χ0v) is 23.3. The second-order valence-corrected chi connectivity index (χ2v) is 13.5. The lowest BCUT2D eigenvalue weighted by molar-refractivity contribution is -0.287. The summed E-state index contributed by atoms with van der Waals surface area (Å²) in [4.78, 5) is 24.8. The van der Waals surface area contributed by atoms with Crippen molar-refractivity contribution >= 4 is 12.3 Å². The van der Waals surface area contributed by atoms with Crippen LogP contribution in [0.2, 0.25) is 0 Å². The van der Waals surface area contributed by atoms with Crippen molar-refractivity contribution in [3.63, 3.8) is 0 Å². The molecule has 4 saturated carbocycles. The molecule has 4 aliphatic carbocycles.